The molecule has 0 atom stereocenters. The molecule has 13 heavy (non-hydrogen) atoms. The number of nitro groups is 1. The van der Waals surface area contributed by atoms with Crippen molar-refractivity contribution in [3.05, 3.63) is 27.1 Å². The van der Waals surface area contributed by atoms with Crippen LogP contribution in [0.15, 0.2) is 12.1 Å². The van der Waals surface area contributed by atoms with Crippen molar-refractivity contribution in [3.63, 3.8) is 0 Å². The first kappa shape index (κ1) is 10.0. The zero-order chi connectivity index (χ0) is 9.68. The van der Waals surface area contributed by atoms with Gasteiger partial charge in [-0.1, -0.05) is 23.2 Å². The number of halogens is 1. The first-order chi connectivity index (χ1) is 6.24. The molecule has 5 heteroatoms. The molecule has 0 aliphatic rings. The molecule has 0 saturated heterocycles. The smallest absolute Gasteiger partial charge is 0.258 e. The highest BCUT2D eigenvalue weighted by atomic mass is 35.5. The average molecular weight is 216 g/mol. The van der Waals surface area contributed by atoms with Gasteiger partial charge in [-0.3, -0.25) is 10.1 Å². The molecule has 0 spiro atoms. The molecule has 0 radical (unpaired) electrons. The topological polar surface area (TPSA) is 43.1 Å². The van der Waals surface area contributed by atoms with Crippen molar-refractivity contribution in [1.29, 1.82) is 0 Å². The van der Waals surface area contributed by atoms with Gasteiger partial charge in [-0.15, -0.1) is 11.6 Å². The van der Waals surface area contributed by atoms with Crippen LogP contribution in [0.4, 0.5) is 5.00 Å². The lowest BCUT2D eigenvalue weighted by atomic mass is 10.4. The lowest BCUT2D eigenvalue weighted by Crippen LogP contribution is -1.80. The summed E-state index contributed by atoms with van der Waals surface area (Å²) in [5.41, 5.74) is 0. The standard InChI is InChI=1S/C8H6ClNO2S/c9-6-2-1-3-7-4-5-8(13-7)10(11)12/h4-5H,2,6H2. The van der Waals surface area contributed by atoms with Crippen LogP contribution in [0.5, 0.6) is 0 Å². The predicted molar refractivity (Wildman–Crippen MR) is 53.2 cm³/mol. The van der Waals surface area contributed by atoms with Gasteiger partial charge in [-0.25, -0.2) is 0 Å². The molecule has 3 nitrogen and oxygen atoms in total. The van der Waals surface area contributed by atoms with E-state index < -0.39 is 4.92 Å². The van der Waals surface area contributed by atoms with Gasteiger partial charge < -0.3 is 0 Å². The van der Waals surface area contributed by atoms with Gasteiger partial charge in [0.2, 0.25) is 0 Å². The van der Waals surface area contributed by atoms with Crippen LogP contribution in [0.1, 0.15) is 11.3 Å². The molecule has 0 N–H and O–H groups in total. The minimum atomic E-state index is -0.419. The maximum absolute atomic E-state index is 10.3. The summed E-state index contributed by atoms with van der Waals surface area (Å²) in [5, 5.41) is 10.4. The Morgan fingerprint density at radius 1 is 1.62 bits per heavy atom. The van der Waals surface area contributed by atoms with Crippen LogP contribution < -0.4 is 0 Å². The largest absolute Gasteiger partial charge is 0.325 e. The summed E-state index contributed by atoms with van der Waals surface area (Å²) < 4.78 is 0. The summed E-state index contributed by atoms with van der Waals surface area (Å²) in [5.74, 6) is 6.10. The fraction of sp³-hybridized carbons (Fsp3) is 0.250. The van der Waals surface area contributed by atoms with E-state index in [2.05, 4.69) is 11.8 Å². The van der Waals surface area contributed by atoms with Crippen LogP contribution in [-0.4, -0.2) is 10.8 Å². The van der Waals surface area contributed by atoms with Crippen molar-refractivity contribution in [3.8, 4) is 11.8 Å². The quantitative estimate of drug-likeness (QED) is 0.330. The van der Waals surface area contributed by atoms with Crippen molar-refractivity contribution in [2.24, 2.45) is 0 Å². The van der Waals surface area contributed by atoms with Gasteiger partial charge in [-0.05, 0) is 6.07 Å². The van der Waals surface area contributed by atoms with Crippen LogP contribution >= 0.6 is 22.9 Å². The molecule has 0 aromatic carbocycles. The van der Waals surface area contributed by atoms with E-state index in [1.807, 2.05) is 0 Å². The number of alkyl halides is 1. The molecule has 0 bridgehead atoms. The fourth-order valence-electron chi connectivity index (χ4n) is 0.690. The Hall–Kier alpha value is -1.05. The molecule has 1 aromatic rings. The van der Waals surface area contributed by atoms with Crippen molar-refractivity contribution < 1.29 is 4.92 Å². The Morgan fingerprint density at radius 2 is 2.38 bits per heavy atom. The molecule has 1 heterocycles. The van der Waals surface area contributed by atoms with Crippen LogP contribution in [0.2, 0.25) is 0 Å². The van der Waals surface area contributed by atoms with Crippen molar-refractivity contribution in [2.75, 3.05) is 5.88 Å². The molecule has 0 aliphatic heterocycles. The third-order valence-corrected chi connectivity index (χ3v) is 2.34. The minimum Gasteiger partial charge on any atom is -0.258 e. The number of hydrogen-bond donors (Lipinski definition) is 0. The van der Waals surface area contributed by atoms with E-state index in [0.29, 0.717) is 17.2 Å². The zero-order valence-electron chi connectivity index (χ0n) is 6.62. The molecule has 1 rings (SSSR count). The lowest BCUT2D eigenvalue weighted by molar-refractivity contribution is -0.380. The van der Waals surface area contributed by atoms with E-state index in [1.165, 1.54) is 6.07 Å². The minimum absolute atomic E-state index is 0.121. The molecule has 1 aromatic heterocycles. The summed E-state index contributed by atoms with van der Waals surface area (Å²) in [7, 11) is 0. The van der Waals surface area contributed by atoms with Crippen LogP contribution in [0.25, 0.3) is 0 Å². The molecule has 0 aliphatic carbocycles. The molecule has 0 amide bonds. The Kier molecular flexibility index (Phi) is 3.74. The highest BCUT2D eigenvalue weighted by Crippen LogP contribution is 2.22. The summed E-state index contributed by atoms with van der Waals surface area (Å²) in [6, 6.07) is 3.10. The normalized spacial score (nSPS) is 9.00. The maximum atomic E-state index is 10.3. The second-order valence-electron chi connectivity index (χ2n) is 2.14. The van der Waals surface area contributed by atoms with Gasteiger partial charge in [-0.2, -0.15) is 0 Å². The van der Waals surface area contributed by atoms with Gasteiger partial charge >= 0.3 is 5.00 Å². The third kappa shape index (κ3) is 3.05. The summed E-state index contributed by atoms with van der Waals surface area (Å²) in [6.45, 7) is 0. The molecule has 0 saturated carbocycles. The monoisotopic (exact) mass is 215 g/mol. The first-order valence-electron chi connectivity index (χ1n) is 3.53. The zero-order valence-corrected chi connectivity index (χ0v) is 8.19. The van der Waals surface area contributed by atoms with Crippen molar-refractivity contribution >= 4 is 27.9 Å². The number of hydrogen-bond acceptors (Lipinski definition) is 3. The highest BCUT2D eigenvalue weighted by molar-refractivity contribution is 7.15. The predicted octanol–water partition coefficient (Wildman–Crippen LogP) is 2.64. The first-order valence-corrected chi connectivity index (χ1v) is 4.88. The van der Waals surface area contributed by atoms with E-state index in [4.69, 9.17) is 11.6 Å². The van der Waals surface area contributed by atoms with Gasteiger partial charge in [0.1, 0.15) is 0 Å². The van der Waals surface area contributed by atoms with E-state index >= 15 is 0 Å². The van der Waals surface area contributed by atoms with Gasteiger partial charge in [0.05, 0.1) is 9.80 Å². The third-order valence-electron chi connectivity index (χ3n) is 1.20. The average Bonchev–Trinajstić information content (AvgIpc) is 2.53. The number of rotatable bonds is 2. The Morgan fingerprint density at radius 3 is 2.92 bits per heavy atom. The van der Waals surface area contributed by atoms with Gasteiger partial charge in [0, 0.05) is 18.4 Å². The maximum Gasteiger partial charge on any atom is 0.325 e. The SMILES string of the molecule is O=[N+]([O-])c1ccc(C#CCCCl)s1. The van der Waals surface area contributed by atoms with Crippen molar-refractivity contribution in [1.82, 2.24) is 0 Å². The summed E-state index contributed by atoms with van der Waals surface area (Å²) in [4.78, 5) is 10.6. The molecular weight excluding hydrogens is 210 g/mol. The van der Waals surface area contributed by atoms with Crippen LogP contribution in [-0.2, 0) is 0 Å². The molecule has 68 valence electrons. The van der Waals surface area contributed by atoms with E-state index in [1.54, 1.807) is 6.07 Å². The molecule has 0 unspecified atom stereocenters. The number of nitrogens with zero attached hydrogens (tertiary/aromatic N) is 1. The number of thiophene rings is 1. The molecular formula is C8H6ClNO2S. The molecule has 0 fully saturated rings. The fourth-order valence-corrected chi connectivity index (χ4v) is 1.48. The van der Waals surface area contributed by atoms with Gasteiger partial charge in [0.15, 0.2) is 0 Å². The second-order valence-corrected chi connectivity index (χ2v) is 3.58. The van der Waals surface area contributed by atoms with E-state index in [9.17, 15) is 10.1 Å². The van der Waals surface area contributed by atoms with Crippen LogP contribution in [0, 0.1) is 22.0 Å². The van der Waals surface area contributed by atoms with Gasteiger partial charge in [0.25, 0.3) is 0 Å². The summed E-state index contributed by atoms with van der Waals surface area (Å²) >= 11 is 6.49. The highest BCUT2D eigenvalue weighted by Gasteiger charge is 2.07. The van der Waals surface area contributed by atoms with Crippen LogP contribution in [0.3, 0.4) is 0 Å². The Labute approximate surface area is 84.5 Å². The summed E-state index contributed by atoms with van der Waals surface area (Å²) in [6.07, 6.45) is 0.604. The Bertz CT molecular complexity index is 364. The van der Waals surface area contributed by atoms with E-state index in [-0.39, 0.29) is 5.00 Å². The lowest BCUT2D eigenvalue weighted by Gasteiger charge is -1.79. The Balaban J connectivity index is 2.71. The van der Waals surface area contributed by atoms with Crippen molar-refractivity contribution in [2.45, 2.75) is 6.42 Å². The van der Waals surface area contributed by atoms with E-state index in [0.717, 1.165) is 11.3 Å². The second kappa shape index (κ2) is 4.85.